The summed E-state index contributed by atoms with van der Waals surface area (Å²) >= 11 is 6.47. The maximum atomic E-state index is 13.1. The number of carbonyl (C=O) groups excluding carboxylic acids is 1. The number of anilines is 2. The minimum atomic E-state index is -0.0341. The van der Waals surface area contributed by atoms with Crippen LogP contribution in [0.2, 0.25) is 5.02 Å². The van der Waals surface area contributed by atoms with Crippen LogP contribution in [0, 0.1) is 0 Å². The summed E-state index contributed by atoms with van der Waals surface area (Å²) in [6.07, 6.45) is 8.38. The van der Waals surface area contributed by atoms with Crippen LogP contribution in [0.4, 0.5) is 11.4 Å². The molecule has 6 rings (SSSR count). The van der Waals surface area contributed by atoms with Gasteiger partial charge in [0.25, 0.3) is 5.91 Å². The zero-order valence-electron chi connectivity index (χ0n) is 17.2. The smallest absolute Gasteiger partial charge is 0.256 e. The molecule has 3 aliphatic heterocycles. The highest BCUT2D eigenvalue weighted by molar-refractivity contribution is 6.35. The Labute approximate surface area is 183 Å². The fraction of sp³-hybridized carbons (Fsp3) is 0.480. The van der Waals surface area contributed by atoms with Gasteiger partial charge < -0.3 is 15.5 Å². The lowest BCUT2D eigenvalue weighted by atomic mass is 9.68. The molecule has 1 saturated heterocycles. The first-order valence-electron chi connectivity index (χ1n) is 11.4. The molecule has 1 atom stereocenters. The summed E-state index contributed by atoms with van der Waals surface area (Å²) in [5.74, 6) is 0.597. The Kier molecular flexibility index (Phi) is 4.36. The molecule has 0 bridgehead atoms. The van der Waals surface area contributed by atoms with Gasteiger partial charge in [-0.15, -0.1) is 0 Å². The third-order valence-corrected chi connectivity index (χ3v) is 8.22. The van der Waals surface area contributed by atoms with Crippen molar-refractivity contribution >= 4 is 28.9 Å². The number of hydrogen-bond donors (Lipinski definition) is 2. The van der Waals surface area contributed by atoms with E-state index in [-0.39, 0.29) is 17.5 Å². The summed E-state index contributed by atoms with van der Waals surface area (Å²) < 4.78 is 0. The van der Waals surface area contributed by atoms with E-state index in [0.29, 0.717) is 16.5 Å². The molecule has 0 aromatic heterocycles. The Balaban J connectivity index is 1.53. The van der Waals surface area contributed by atoms with Gasteiger partial charge >= 0.3 is 0 Å². The van der Waals surface area contributed by atoms with Gasteiger partial charge in [-0.3, -0.25) is 4.79 Å². The van der Waals surface area contributed by atoms with Crippen LogP contribution in [0.15, 0.2) is 36.4 Å². The van der Waals surface area contributed by atoms with Gasteiger partial charge in [0.05, 0.1) is 16.3 Å². The normalized spacial score (nSPS) is 24.9. The number of nitrogens with one attached hydrogen (secondary N) is 2. The lowest BCUT2D eigenvalue weighted by Gasteiger charge is -2.44. The molecule has 1 amide bonds. The van der Waals surface area contributed by atoms with Crippen molar-refractivity contribution in [2.75, 3.05) is 18.0 Å². The summed E-state index contributed by atoms with van der Waals surface area (Å²) in [5, 5.41) is 7.39. The average Bonchev–Trinajstić information content (AvgIpc) is 3.04. The molecule has 0 radical (unpaired) electrons. The molecule has 1 spiro atoms. The fourth-order valence-corrected chi connectivity index (χ4v) is 6.69. The maximum absolute atomic E-state index is 13.1. The third kappa shape index (κ3) is 2.59. The van der Waals surface area contributed by atoms with Gasteiger partial charge in [0.15, 0.2) is 0 Å². The largest absolute Gasteiger partial charge is 0.331 e. The standard InChI is InChI=1S/C25H28ClN3O/c26-19-5-4-6-21-22(19)23(30)28-24-25(11-2-1-3-12-25)18-15-17(7-8-20(18)29(21)24)16-9-13-27-14-10-16/h4-8,15-16,24,27H,1-3,9-14H2,(H,28,30). The molecule has 156 valence electrons. The first kappa shape index (κ1) is 18.7. The number of carbonyl (C=O) groups is 1. The highest BCUT2D eigenvalue weighted by atomic mass is 35.5. The second kappa shape index (κ2) is 7.00. The molecule has 30 heavy (non-hydrogen) atoms. The van der Waals surface area contributed by atoms with Gasteiger partial charge in [-0.1, -0.05) is 49.1 Å². The second-order valence-corrected chi connectivity index (χ2v) is 9.80. The van der Waals surface area contributed by atoms with Crippen molar-refractivity contribution in [2.24, 2.45) is 0 Å². The van der Waals surface area contributed by atoms with Crippen LogP contribution in [-0.2, 0) is 5.41 Å². The zero-order chi connectivity index (χ0) is 20.3. The molecule has 2 aromatic carbocycles. The van der Waals surface area contributed by atoms with E-state index in [0.717, 1.165) is 31.6 Å². The van der Waals surface area contributed by atoms with Gasteiger partial charge in [-0.05, 0) is 74.0 Å². The lowest BCUT2D eigenvalue weighted by molar-refractivity contribution is 0.0894. The van der Waals surface area contributed by atoms with E-state index in [1.807, 2.05) is 12.1 Å². The topological polar surface area (TPSA) is 44.4 Å². The average molecular weight is 422 g/mol. The van der Waals surface area contributed by atoms with Crippen LogP contribution in [0.3, 0.4) is 0 Å². The maximum Gasteiger partial charge on any atom is 0.256 e. The number of hydrogen-bond acceptors (Lipinski definition) is 3. The fourth-order valence-electron chi connectivity index (χ4n) is 6.44. The number of fused-ring (bicyclic) bond motifs is 7. The van der Waals surface area contributed by atoms with E-state index in [1.54, 1.807) is 0 Å². The van der Waals surface area contributed by atoms with E-state index in [9.17, 15) is 4.79 Å². The van der Waals surface area contributed by atoms with Gasteiger partial charge in [0.2, 0.25) is 0 Å². The quantitative estimate of drug-likeness (QED) is 0.662. The summed E-state index contributed by atoms with van der Waals surface area (Å²) in [5.41, 5.74) is 5.72. The third-order valence-electron chi connectivity index (χ3n) is 7.90. The lowest BCUT2D eigenvalue weighted by Crippen LogP contribution is -2.58. The van der Waals surface area contributed by atoms with Crippen molar-refractivity contribution < 1.29 is 4.79 Å². The van der Waals surface area contributed by atoms with Crippen molar-refractivity contribution in [3.8, 4) is 0 Å². The Hall–Kier alpha value is -2.04. The van der Waals surface area contributed by atoms with Gasteiger partial charge in [-0.25, -0.2) is 0 Å². The number of halogens is 1. The van der Waals surface area contributed by atoms with E-state index in [2.05, 4.69) is 39.8 Å². The Morgan fingerprint density at radius 2 is 1.80 bits per heavy atom. The number of rotatable bonds is 1. The molecule has 2 fully saturated rings. The molecule has 2 N–H and O–H groups in total. The van der Waals surface area contributed by atoms with Crippen LogP contribution in [0.1, 0.15) is 72.3 Å². The van der Waals surface area contributed by atoms with E-state index >= 15 is 0 Å². The molecule has 1 saturated carbocycles. The first-order valence-corrected chi connectivity index (χ1v) is 11.8. The molecule has 5 heteroatoms. The van der Waals surface area contributed by atoms with Crippen LogP contribution in [0.25, 0.3) is 0 Å². The van der Waals surface area contributed by atoms with Crippen molar-refractivity contribution in [2.45, 2.75) is 62.4 Å². The number of nitrogens with zero attached hydrogens (tertiary/aromatic N) is 1. The van der Waals surface area contributed by atoms with Gasteiger partial charge in [0, 0.05) is 11.1 Å². The summed E-state index contributed by atoms with van der Waals surface area (Å²) in [4.78, 5) is 15.5. The summed E-state index contributed by atoms with van der Waals surface area (Å²) in [7, 11) is 0. The Bertz CT molecular complexity index is 1010. The first-order chi connectivity index (χ1) is 14.7. The van der Waals surface area contributed by atoms with E-state index in [1.165, 1.54) is 48.9 Å². The number of benzene rings is 2. The number of amides is 1. The Morgan fingerprint density at radius 1 is 1.00 bits per heavy atom. The minimum Gasteiger partial charge on any atom is -0.331 e. The van der Waals surface area contributed by atoms with Crippen molar-refractivity contribution in [3.05, 3.63) is 58.1 Å². The second-order valence-electron chi connectivity index (χ2n) is 9.40. The van der Waals surface area contributed by atoms with Crippen LogP contribution in [-0.4, -0.2) is 25.2 Å². The van der Waals surface area contributed by atoms with Crippen molar-refractivity contribution in [1.29, 1.82) is 0 Å². The minimum absolute atomic E-state index is 0.00776. The molecule has 3 heterocycles. The highest BCUT2D eigenvalue weighted by Gasteiger charge is 2.54. The van der Waals surface area contributed by atoms with Gasteiger partial charge in [0.1, 0.15) is 6.17 Å². The molecular formula is C25H28ClN3O. The van der Waals surface area contributed by atoms with Crippen molar-refractivity contribution in [3.63, 3.8) is 0 Å². The predicted molar refractivity (Wildman–Crippen MR) is 121 cm³/mol. The molecule has 2 aromatic rings. The molecule has 4 nitrogen and oxygen atoms in total. The highest BCUT2D eigenvalue weighted by Crippen LogP contribution is 2.57. The molecule has 4 aliphatic rings. The van der Waals surface area contributed by atoms with Crippen LogP contribution < -0.4 is 15.5 Å². The predicted octanol–water partition coefficient (Wildman–Crippen LogP) is 5.23. The Morgan fingerprint density at radius 3 is 2.60 bits per heavy atom. The molecule has 1 unspecified atom stereocenters. The van der Waals surface area contributed by atoms with Crippen LogP contribution >= 0.6 is 11.6 Å². The van der Waals surface area contributed by atoms with E-state index < -0.39 is 0 Å². The van der Waals surface area contributed by atoms with Gasteiger partial charge in [-0.2, -0.15) is 0 Å². The summed E-state index contributed by atoms with van der Waals surface area (Å²) in [6, 6.07) is 13.0. The zero-order valence-corrected chi connectivity index (χ0v) is 18.0. The number of piperidine rings is 1. The SMILES string of the molecule is O=C1NC2N(c3ccc(C4CCNCC4)cc3C23CCCCC3)c2cccc(Cl)c21. The summed E-state index contributed by atoms with van der Waals surface area (Å²) in [6.45, 7) is 2.20. The monoisotopic (exact) mass is 421 g/mol. The molecular weight excluding hydrogens is 394 g/mol. The van der Waals surface area contributed by atoms with Crippen molar-refractivity contribution in [1.82, 2.24) is 10.6 Å². The van der Waals surface area contributed by atoms with Crippen LogP contribution in [0.5, 0.6) is 0 Å². The van der Waals surface area contributed by atoms with E-state index in [4.69, 9.17) is 11.6 Å². The molecule has 1 aliphatic carbocycles.